The van der Waals surface area contributed by atoms with Gasteiger partial charge in [-0.3, -0.25) is 4.90 Å². The second kappa shape index (κ2) is 17.6. The first-order valence-electron chi connectivity index (χ1n) is 18.6. The highest BCUT2D eigenvalue weighted by Crippen LogP contribution is 2.31. The monoisotopic (exact) mass is 761 g/mol. The summed E-state index contributed by atoms with van der Waals surface area (Å²) in [6, 6.07) is 21.8. The Balaban J connectivity index is 1.34. The highest BCUT2D eigenvalue weighted by molar-refractivity contribution is 5.75. The highest BCUT2D eigenvalue weighted by Gasteiger charge is 2.30. The van der Waals surface area contributed by atoms with Crippen molar-refractivity contribution in [2.45, 2.75) is 65.9 Å². The Kier molecular flexibility index (Phi) is 12.5. The molecule has 1 fully saturated rings. The summed E-state index contributed by atoms with van der Waals surface area (Å²) < 4.78 is 21.7. The summed E-state index contributed by atoms with van der Waals surface area (Å²) in [5.74, 6) is 4.20. The van der Waals surface area contributed by atoms with Crippen molar-refractivity contribution >= 4 is 23.5 Å². The molecule has 0 saturated carbocycles. The second-order valence-electron chi connectivity index (χ2n) is 14.8. The Morgan fingerprint density at radius 1 is 0.821 bits per heavy atom. The van der Waals surface area contributed by atoms with E-state index in [1.54, 1.807) is 38.5 Å². The van der Waals surface area contributed by atoms with Crippen molar-refractivity contribution in [3.05, 3.63) is 102 Å². The number of carbonyl (C=O) groups excluding carboxylic acids is 1. The fourth-order valence-corrected chi connectivity index (χ4v) is 6.36. The maximum absolute atomic E-state index is 12.8. The van der Waals surface area contributed by atoms with Crippen LogP contribution in [-0.2, 0) is 24.4 Å². The molecule has 4 heterocycles. The van der Waals surface area contributed by atoms with E-state index in [4.69, 9.17) is 38.9 Å². The van der Waals surface area contributed by atoms with E-state index in [0.717, 1.165) is 33.9 Å². The minimum Gasteiger partial charge on any atom is -0.497 e. The van der Waals surface area contributed by atoms with Crippen LogP contribution in [0.4, 0.5) is 22.2 Å². The topological polar surface area (TPSA) is 140 Å². The zero-order valence-corrected chi connectivity index (χ0v) is 33.4. The van der Waals surface area contributed by atoms with E-state index < -0.39 is 5.60 Å². The molecule has 1 saturated heterocycles. The predicted molar refractivity (Wildman–Crippen MR) is 215 cm³/mol. The molecule has 1 N–H and O–H groups in total. The summed E-state index contributed by atoms with van der Waals surface area (Å²) in [6.07, 6.45) is 3.27. The Hall–Kier alpha value is -6.02. The van der Waals surface area contributed by atoms with Gasteiger partial charge in [0.05, 0.1) is 38.8 Å². The first kappa shape index (κ1) is 39.7. The summed E-state index contributed by atoms with van der Waals surface area (Å²) in [6.45, 7) is 13.2. The number of pyridine rings is 2. The summed E-state index contributed by atoms with van der Waals surface area (Å²) in [4.78, 5) is 43.2. The minimum atomic E-state index is -0.549. The Morgan fingerprint density at radius 3 is 2.04 bits per heavy atom. The van der Waals surface area contributed by atoms with Crippen molar-refractivity contribution in [2.24, 2.45) is 0 Å². The maximum Gasteiger partial charge on any atom is 0.410 e. The summed E-state index contributed by atoms with van der Waals surface area (Å²) in [5.41, 5.74) is 4.00. The molecule has 14 nitrogen and oxygen atoms in total. The normalized spacial score (nSPS) is 14.6. The van der Waals surface area contributed by atoms with Gasteiger partial charge in [-0.2, -0.15) is 9.97 Å². The van der Waals surface area contributed by atoms with Crippen molar-refractivity contribution in [2.75, 3.05) is 51.2 Å². The molecule has 1 amide bonds. The average molecular weight is 762 g/mol. The number of nitrogens with zero attached hydrogens (tertiary/aromatic N) is 8. The standard InChI is InChI=1S/C42H51N9O5/c1-28-24-50(41(52)56-42(3,4)5)20-19-49(28)27-32-21-36(38(44-22-32)47-33-13-18-37(55-8)43-23-33)39-45-29(2)46-40(48-39)51(25-30-9-14-34(53-6)15-10-30)26-31-11-16-35(54-7)17-12-31/h9-18,21-23,28H,19-20,24-27H2,1-8H3,(H,44,47). The number of methoxy groups -OCH3 is 3. The van der Waals surface area contributed by atoms with Gasteiger partial charge in [0, 0.05) is 57.6 Å². The molecule has 5 aromatic rings. The van der Waals surface area contributed by atoms with Gasteiger partial charge in [-0.25, -0.2) is 19.7 Å². The van der Waals surface area contributed by atoms with Crippen molar-refractivity contribution in [1.82, 2.24) is 34.7 Å². The fourth-order valence-electron chi connectivity index (χ4n) is 6.36. The van der Waals surface area contributed by atoms with E-state index in [-0.39, 0.29) is 12.1 Å². The maximum atomic E-state index is 12.8. The van der Waals surface area contributed by atoms with Gasteiger partial charge in [-0.15, -0.1) is 0 Å². The number of rotatable bonds is 13. The van der Waals surface area contributed by atoms with E-state index in [0.29, 0.717) is 74.1 Å². The number of nitrogens with one attached hydrogen (secondary N) is 1. The van der Waals surface area contributed by atoms with Crippen LogP contribution in [0.1, 0.15) is 50.2 Å². The third-order valence-corrected chi connectivity index (χ3v) is 9.28. The summed E-state index contributed by atoms with van der Waals surface area (Å²) in [5, 5.41) is 3.43. The highest BCUT2D eigenvalue weighted by atomic mass is 16.6. The van der Waals surface area contributed by atoms with Crippen molar-refractivity contribution in [3.63, 3.8) is 0 Å². The molecule has 1 atom stereocenters. The lowest BCUT2D eigenvalue weighted by Crippen LogP contribution is -2.54. The van der Waals surface area contributed by atoms with Gasteiger partial charge >= 0.3 is 6.09 Å². The molecule has 2 aromatic carbocycles. The van der Waals surface area contributed by atoms with E-state index in [1.165, 1.54) is 0 Å². The lowest BCUT2D eigenvalue weighted by Gasteiger charge is -2.40. The first-order valence-corrected chi connectivity index (χ1v) is 18.6. The van der Waals surface area contributed by atoms with Gasteiger partial charge in [0.2, 0.25) is 11.8 Å². The Morgan fingerprint density at radius 2 is 1.48 bits per heavy atom. The van der Waals surface area contributed by atoms with Gasteiger partial charge in [-0.05, 0) is 87.7 Å². The van der Waals surface area contributed by atoms with Gasteiger partial charge in [0.25, 0.3) is 0 Å². The smallest absolute Gasteiger partial charge is 0.410 e. The molecule has 1 aliphatic rings. The number of aromatic nitrogens is 5. The number of piperazine rings is 1. The van der Waals surface area contributed by atoms with Crippen LogP contribution in [0, 0.1) is 6.92 Å². The van der Waals surface area contributed by atoms with Gasteiger partial charge in [0.15, 0.2) is 5.82 Å². The molecular formula is C42H51N9O5. The number of hydrogen-bond donors (Lipinski definition) is 1. The number of benzene rings is 2. The number of aryl methyl sites for hydroxylation is 1. The van der Waals surface area contributed by atoms with Crippen LogP contribution in [-0.4, -0.2) is 93.4 Å². The molecule has 294 valence electrons. The average Bonchev–Trinajstić information content (AvgIpc) is 3.19. The van der Waals surface area contributed by atoms with Crippen molar-refractivity contribution in [1.29, 1.82) is 0 Å². The number of amides is 1. The van der Waals surface area contributed by atoms with Gasteiger partial charge < -0.3 is 34.1 Å². The molecule has 1 unspecified atom stereocenters. The number of carbonyl (C=O) groups is 1. The quantitative estimate of drug-likeness (QED) is 0.131. The van der Waals surface area contributed by atoms with Crippen molar-refractivity contribution in [3.8, 4) is 28.8 Å². The molecular weight excluding hydrogens is 711 g/mol. The van der Waals surface area contributed by atoms with Crippen LogP contribution in [0.5, 0.6) is 17.4 Å². The lowest BCUT2D eigenvalue weighted by molar-refractivity contribution is 0.00459. The van der Waals surface area contributed by atoms with E-state index in [1.807, 2.05) is 88.5 Å². The molecule has 0 spiro atoms. The Bertz CT molecular complexity index is 2020. The first-order chi connectivity index (χ1) is 26.9. The van der Waals surface area contributed by atoms with Crippen LogP contribution in [0.2, 0.25) is 0 Å². The zero-order chi connectivity index (χ0) is 39.8. The second-order valence-corrected chi connectivity index (χ2v) is 14.8. The van der Waals surface area contributed by atoms with E-state index in [9.17, 15) is 4.79 Å². The van der Waals surface area contributed by atoms with E-state index >= 15 is 0 Å². The molecule has 3 aromatic heterocycles. The molecule has 6 rings (SSSR count). The number of anilines is 3. The number of hydrogen-bond acceptors (Lipinski definition) is 13. The predicted octanol–water partition coefficient (Wildman–Crippen LogP) is 7.05. The molecule has 0 aliphatic carbocycles. The summed E-state index contributed by atoms with van der Waals surface area (Å²) >= 11 is 0. The molecule has 0 bridgehead atoms. The molecule has 0 radical (unpaired) electrons. The lowest BCUT2D eigenvalue weighted by atomic mass is 10.1. The number of ether oxygens (including phenoxy) is 4. The molecule has 56 heavy (non-hydrogen) atoms. The third-order valence-electron chi connectivity index (χ3n) is 9.28. The SMILES string of the molecule is COc1ccc(CN(Cc2ccc(OC)cc2)c2nc(C)nc(-c3cc(CN4CCN(C(=O)OC(C)(C)C)CC4C)cnc3Nc3ccc(OC)nc3)n2)cc1. The third kappa shape index (κ3) is 10.4. The Labute approximate surface area is 328 Å². The largest absolute Gasteiger partial charge is 0.497 e. The zero-order valence-electron chi connectivity index (χ0n) is 33.4. The van der Waals surface area contributed by atoms with Crippen LogP contribution < -0.4 is 24.4 Å². The fraction of sp³-hybridized carbons (Fsp3) is 0.381. The van der Waals surface area contributed by atoms with Crippen LogP contribution in [0.3, 0.4) is 0 Å². The molecule has 14 heteroatoms. The minimum absolute atomic E-state index is 0.0957. The van der Waals surface area contributed by atoms with Gasteiger partial charge in [-0.1, -0.05) is 24.3 Å². The molecule has 1 aliphatic heterocycles. The summed E-state index contributed by atoms with van der Waals surface area (Å²) in [7, 11) is 4.90. The van der Waals surface area contributed by atoms with Crippen LogP contribution >= 0.6 is 0 Å². The van der Waals surface area contributed by atoms with Gasteiger partial charge in [0.1, 0.15) is 28.7 Å². The van der Waals surface area contributed by atoms with Crippen LogP contribution in [0.25, 0.3) is 11.4 Å². The van der Waals surface area contributed by atoms with E-state index in [2.05, 4.69) is 33.1 Å². The van der Waals surface area contributed by atoms with Crippen molar-refractivity contribution < 1.29 is 23.7 Å². The van der Waals surface area contributed by atoms with Crippen LogP contribution in [0.15, 0.2) is 79.1 Å².